The zero-order valence-corrected chi connectivity index (χ0v) is 28.5. The molecule has 4 heterocycles. The Morgan fingerprint density at radius 3 is 2.28 bits per heavy atom. The number of hydrogen-bond donors (Lipinski definition) is 0. The summed E-state index contributed by atoms with van der Waals surface area (Å²) in [5, 5.41) is 3.47. The second kappa shape index (κ2) is 12.5. The first-order valence-corrected chi connectivity index (χ1v) is 15.1. The van der Waals surface area contributed by atoms with E-state index in [2.05, 4.69) is 88.1 Å². The number of aromatic nitrogens is 2. The molecule has 0 fully saturated rings. The van der Waals surface area contributed by atoms with Gasteiger partial charge >= 0.3 is 0 Å². The molecule has 0 bridgehead atoms. The summed E-state index contributed by atoms with van der Waals surface area (Å²) in [5.74, 6) is 0. The molecule has 3 nitrogen and oxygen atoms in total. The molecule has 0 saturated carbocycles. The van der Waals surface area contributed by atoms with E-state index in [9.17, 15) is 0 Å². The Morgan fingerprint density at radius 1 is 0.767 bits per heavy atom. The second-order valence-electron chi connectivity index (χ2n) is 12.1. The number of benzene rings is 3. The van der Waals surface area contributed by atoms with Gasteiger partial charge in [0.15, 0.2) is 0 Å². The van der Waals surface area contributed by atoms with Crippen LogP contribution in [0.25, 0.3) is 54.5 Å². The summed E-state index contributed by atoms with van der Waals surface area (Å²) in [6, 6.07) is 31.4. The standard InChI is InChI=1S/C26H24NOS.C12H10N.Ir/c1-15-14-27-22(12-17(15)13-26(3,4)5)20-8-6-7-18-19-9-10-23-21(11-16(2)29-23)25(19)28-24(18)20;1-10-7-8-12(13-9-10)11-5-3-2-4-6-11;/h6-7,9-12,14H,13H2,1-5H3;2-5,7-9H,1H3;/q2*-1;. The monoisotopic (exact) mass is 759 g/mol. The number of thiophene rings is 1. The van der Waals surface area contributed by atoms with Crippen LogP contribution < -0.4 is 0 Å². The summed E-state index contributed by atoms with van der Waals surface area (Å²) in [6.45, 7) is 13.1. The van der Waals surface area contributed by atoms with Crippen LogP contribution in [0, 0.1) is 38.3 Å². The molecule has 0 N–H and O–H groups in total. The Kier molecular flexibility index (Phi) is 8.99. The van der Waals surface area contributed by atoms with Crippen molar-refractivity contribution in [3.05, 3.63) is 119 Å². The van der Waals surface area contributed by atoms with Crippen molar-refractivity contribution in [3.8, 4) is 22.5 Å². The fourth-order valence-corrected chi connectivity index (χ4v) is 6.20. The predicted molar refractivity (Wildman–Crippen MR) is 177 cm³/mol. The van der Waals surface area contributed by atoms with Crippen molar-refractivity contribution in [1.29, 1.82) is 0 Å². The van der Waals surface area contributed by atoms with Gasteiger partial charge in [0.25, 0.3) is 0 Å². The average molecular weight is 759 g/mol. The summed E-state index contributed by atoms with van der Waals surface area (Å²) in [5.41, 5.74) is 9.69. The van der Waals surface area contributed by atoms with E-state index in [-0.39, 0.29) is 25.5 Å². The fraction of sp³-hybridized carbons (Fsp3) is 0.211. The van der Waals surface area contributed by atoms with Gasteiger partial charge in [0.1, 0.15) is 5.58 Å². The molecule has 0 unspecified atom stereocenters. The molecule has 219 valence electrons. The zero-order chi connectivity index (χ0) is 29.4. The third kappa shape index (κ3) is 6.65. The summed E-state index contributed by atoms with van der Waals surface area (Å²) in [4.78, 5) is 10.4. The third-order valence-corrected chi connectivity index (χ3v) is 8.32. The summed E-state index contributed by atoms with van der Waals surface area (Å²) < 4.78 is 7.74. The third-order valence-electron chi connectivity index (χ3n) is 7.31. The number of hydrogen-bond acceptors (Lipinski definition) is 4. The van der Waals surface area contributed by atoms with Crippen molar-refractivity contribution < 1.29 is 24.5 Å². The van der Waals surface area contributed by atoms with Gasteiger partial charge in [0.2, 0.25) is 0 Å². The number of nitrogens with zero attached hydrogens (tertiary/aromatic N) is 2. The SMILES string of the molecule is Cc1cc2c(ccc3c4cc[c-]c(-c5cc(CC(C)(C)C)c(C)cn5)c4oc23)s1.Cc1ccc(-c2[c-]cccc2)nc1.[Ir]. The smallest absolute Gasteiger partial charge is 0.129 e. The van der Waals surface area contributed by atoms with Gasteiger partial charge in [0, 0.05) is 52.8 Å². The van der Waals surface area contributed by atoms with Crippen molar-refractivity contribution in [1.82, 2.24) is 9.97 Å². The topological polar surface area (TPSA) is 38.9 Å². The van der Waals surface area contributed by atoms with Crippen LogP contribution in [-0.2, 0) is 26.5 Å². The first-order chi connectivity index (χ1) is 20.2. The normalized spacial score (nSPS) is 11.4. The number of rotatable bonds is 3. The maximum absolute atomic E-state index is 6.47. The fourth-order valence-electron chi connectivity index (χ4n) is 5.27. The molecule has 7 aromatic rings. The molecular formula is C38H34IrN2OS-2. The van der Waals surface area contributed by atoms with Crippen molar-refractivity contribution in [3.63, 3.8) is 0 Å². The second-order valence-corrected chi connectivity index (χ2v) is 13.4. The summed E-state index contributed by atoms with van der Waals surface area (Å²) >= 11 is 1.81. The Hall–Kier alpha value is -3.63. The minimum absolute atomic E-state index is 0. The van der Waals surface area contributed by atoms with E-state index in [1.165, 1.54) is 31.7 Å². The molecule has 0 atom stereocenters. The van der Waals surface area contributed by atoms with E-state index in [0.717, 1.165) is 50.9 Å². The summed E-state index contributed by atoms with van der Waals surface area (Å²) in [7, 11) is 0. The molecule has 0 aliphatic carbocycles. The van der Waals surface area contributed by atoms with Crippen LogP contribution in [0.2, 0.25) is 0 Å². The minimum Gasteiger partial charge on any atom is -0.500 e. The van der Waals surface area contributed by atoms with Crippen LogP contribution in [0.3, 0.4) is 0 Å². The molecule has 0 spiro atoms. The number of pyridine rings is 2. The molecular weight excluding hydrogens is 725 g/mol. The van der Waals surface area contributed by atoms with E-state index in [1.807, 2.05) is 55.7 Å². The summed E-state index contributed by atoms with van der Waals surface area (Å²) in [6.07, 6.45) is 4.86. The predicted octanol–water partition coefficient (Wildman–Crippen LogP) is 10.7. The van der Waals surface area contributed by atoms with Gasteiger partial charge < -0.3 is 14.4 Å². The van der Waals surface area contributed by atoms with Crippen LogP contribution in [0.5, 0.6) is 0 Å². The number of fused-ring (bicyclic) bond motifs is 5. The minimum atomic E-state index is 0. The van der Waals surface area contributed by atoms with Gasteiger partial charge in [-0.25, -0.2) is 0 Å². The molecule has 1 radical (unpaired) electrons. The van der Waals surface area contributed by atoms with E-state index < -0.39 is 0 Å². The van der Waals surface area contributed by atoms with Crippen LogP contribution in [0.15, 0.2) is 89.6 Å². The average Bonchev–Trinajstić information content (AvgIpc) is 3.54. The van der Waals surface area contributed by atoms with Crippen molar-refractivity contribution >= 4 is 43.4 Å². The Morgan fingerprint density at radius 2 is 1.56 bits per heavy atom. The number of furan rings is 1. The maximum atomic E-state index is 6.47. The molecule has 0 aliphatic heterocycles. The van der Waals surface area contributed by atoms with Gasteiger partial charge in [-0.3, -0.25) is 0 Å². The Labute approximate surface area is 271 Å². The van der Waals surface area contributed by atoms with Crippen LogP contribution >= 0.6 is 11.3 Å². The number of aryl methyl sites for hydroxylation is 3. The van der Waals surface area contributed by atoms with Gasteiger partial charge in [-0.1, -0.05) is 61.5 Å². The van der Waals surface area contributed by atoms with E-state index in [0.29, 0.717) is 0 Å². The van der Waals surface area contributed by atoms with Crippen molar-refractivity contribution in [2.75, 3.05) is 0 Å². The first-order valence-electron chi connectivity index (χ1n) is 14.3. The molecule has 3 aromatic carbocycles. The van der Waals surface area contributed by atoms with Crippen LogP contribution in [0.4, 0.5) is 0 Å². The van der Waals surface area contributed by atoms with Crippen molar-refractivity contribution in [2.45, 2.75) is 48.0 Å². The van der Waals surface area contributed by atoms with Crippen LogP contribution in [0.1, 0.15) is 42.3 Å². The molecule has 43 heavy (non-hydrogen) atoms. The maximum Gasteiger partial charge on any atom is 0.129 e. The zero-order valence-electron chi connectivity index (χ0n) is 25.3. The molecule has 5 heteroatoms. The van der Waals surface area contributed by atoms with E-state index in [4.69, 9.17) is 9.40 Å². The molecule has 7 rings (SSSR count). The van der Waals surface area contributed by atoms with Crippen LogP contribution in [-0.4, -0.2) is 9.97 Å². The van der Waals surface area contributed by atoms with E-state index >= 15 is 0 Å². The Bertz CT molecular complexity index is 2020. The first kappa shape index (κ1) is 30.8. The molecule has 0 amide bonds. The van der Waals surface area contributed by atoms with Crippen molar-refractivity contribution in [2.24, 2.45) is 5.41 Å². The molecule has 4 aromatic heterocycles. The van der Waals surface area contributed by atoms with Gasteiger partial charge in [-0.05, 0) is 67.3 Å². The van der Waals surface area contributed by atoms with Gasteiger partial charge in [-0.2, -0.15) is 0 Å². The molecule has 0 aliphatic rings. The van der Waals surface area contributed by atoms with E-state index in [1.54, 1.807) is 11.3 Å². The molecule has 0 saturated heterocycles. The largest absolute Gasteiger partial charge is 0.500 e. The quantitative estimate of drug-likeness (QED) is 0.169. The van der Waals surface area contributed by atoms with Gasteiger partial charge in [0.05, 0.1) is 5.58 Å². The van der Waals surface area contributed by atoms with Gasteiger partial charge in [-0.15, -0.1) is 65.4 Å². The Balaban J connectivity index is 0.000000221.